The van der Waals surface area contributed by atoms with E-state index in [4.69, 9.17) is 16.3 Å². The predicted octanol–water partition coefficient (Wildman–Crippen LogP) is 5.50. The van der Waals surface area contributed by atoms with Crippen LogP contribution in [0.15, 0.2) is 82.1 Å². The van der Waals surface area contributed by atoms with Gasteiger partial charge in [0.1, 0.15) is 10.9 Å². The summed E-state index contributed by atoms with van der Waals surface area (Å²) in [5.74, 6) is 0.672. The molecule has 1 aliphatic rings. The van der Waals surface area contributed by atoms with Gasteiger partial charge in [0.2, 0.25) is 0 Å². The van der Waals surface area contributed by atoms with Gasteiger partial charge in [0.25, 0.3) is 10.0 Å². The van der Waals surface area contributed by atoms with Crippen molar-refractivity contribution in [3.8, 4) is 5.75 Å². The maximum atomic E-state index is 13.5. The fraction of sp³-hybridized carbons (Fsp3) is 0.130. The molecule has 0 saturated carbocycles. The van der Waals surface area contributed by atoms with Gasteiger partial charge in [-0.25, -0.2) is 4.98 Å². The van der Waals surface area contributed by atoms with Crippen molar-refractivity contribution < 1.29 is 13.2 Å². The molecule has 2 aromatic carbocycles. The third kappa shape index (κ3) is 3.64. The molecule has 3 heterocycles. The minimum atomic E-state index is -3.90. The van der Waals surface area contributed by atoms with Crippen molar-refractivity contribution in [1.29, 1.82) is 0 Å². The number of nitrogens with zero attached hydrogens (tertiary/aromatic N) is 3. The SMILES string of the molecule is COc1ccc2cc(C3CC(c4cccs4)=NN3S(=O)(=O)c3ccccc3)c(Cl)nc2c1. The van der Waals surface area contributed by atoms with Gasteiger partial charge in [-0.1, -0.05) is 35.9 Å². The second-order valence-electron chi connectivity index (χ2n) is 7.26. The average molecular weight is 484 g/mol. The number of rotatable bonds is 5. The topological polar surface area (TPSA) is 71.9 Å². The number of ether oxygens (including phenoxy) is 1. The first kappa shape index (κ1) is 20.9. The quantitative estimate of drug-likeness (QED) is 0.351. The van der Waals surface area contributed by atoms with Crippen LogP contribution in [-0.2, 0) is 10.0 Å². The molecule has 1 unspecified atom stereocenters. The number of hydrogen-bond donors (Lipinski definition) is 0. The molecule has 0 aliphatic carbocycles. The first-order chi connectivity index (χ1) is 15.5. The number of hydrogen-bond acceptors (Lipinski definition) is 6. The number of hydrazone groups is 1. The van der Waals surface area contributed by atoms with Crippen molar-refractivity contribution in [3.05, 3.63) is 87.7 Å². The summed E-state index contributed by atoms with van der Waals surface area (Å²) < 4.78 is 33.5. The van der Waals surface area contributed by atoms with Gasteiger partial charge >= 0.3 is 0 Å². The van der Waals surface area contributed by atoms with Gasteiger partial charge in [-0.3, -0.25) is 0 Å². The largest absolute Gasteiger partial charge is 0.497 e. The van der Waals surface area contributed by atoms with E-state index in [9.17, 15) is 8.42 Å². The summed E-state index contributed by atoms with van der Waals surface area (Å²) in [6.07, 6.45) is 0.398. The van der Waals surface area contributed by atoms with Crippen LogP contribution in [0.1, 0.15) is 22.9 Å². The lowest BCUT2D eigenvalue weighted by Gasteiger charge is -2.24. The van der Waals surface area contributed by atoms with E-state index >= 15 is 0 Å². The van der Waals surface area contributed by atoms with E-state index in [0.29, 0.717) is 29.0 Å². The van der Waals surface area contributed by atoms with Crippen molar-refractivity contribution in [2.75, 3.05) is 7.11 Å². The van der Waals surface area contributed by atoms with Gasteiger partial charge in [-0.05, 0) is 41.8 Å². The highest BCUT2D eigenvalue weighted by atomic mass is 35.5. The Kier molecular flexibility index (Phi) is 5.36. The zero-order valence-electron chi connectivity index (χ0n) is 17.0. The Morgan fingerprint density at radius 3 is 2.62 bits per heavy atom. The Labute approximate surface area is 194 Å². The summed E-state index contributed by atoms with van der Waals surface area (Å²) >= 11 is 8.11. The average Bonchev–Trinajstić information content (AvgIpc) is 3.49. The Morgan fingerprint density at radius 2 is 1.91 bits per heavy atom. The van der Waals surface area contributed by atoms with Crippen LogP contribution in [0, 0.1) is 0 Å². The minimum Gasteiger partial charge on any atom is -0.497 e. The second kappa shape index (κ2) is 8.20. The Bertz CT molecular complexity index is 1420. The summed E-state index contributed by atoms with van der Waals surface area (Å²) in [4.78, 5) is 5.62. The van der Waals surface area contributed by atoms with Crippen LogP contribution in [0.2, 0.25) is 5.15 Å². The first-order valence-electron chi connectivity index (χ1n) is 9.82. The van der Waals surface area contributed by atoms with Gasteiger partial charge in [0, 0.05) is 23.4 Å². The lowest BCUT2D eigenvalue weighted by molar-refractivity contribution is 0.371. The molecule has 4 aromatic rings. The molecule has 0 spiro atoms. The summed E-state index contributed by atoms with van der Waals surface area (Å²) in [7, 11) is -2.31. The molecule has 32 heavy (non-hydrogen) atoms. The van der Waals surface area contributed by atoms with Crippen molar-refractivity contribution in [3.63, 3.8) is 0 Å². The van der Waals surface area contributed by atoms with Crippen LogP contribution in [0.4, 0.5) is 0 Å². The molecule has 9 heteroatoms. The highest BCUT2D eigenvalue weighted by Crippen LogP contribution is 2.41. The number of aromatic nitrogens is 1. The monoisotopic (exact) mass is 483 g/mol. The number of benzene rings is 2. The number of pyridine rings is 1. The van der Waals surface area contributed by atoms with Gasteiger partial charge in [0.05, 0.1) is 34.2 Å². The molecule has 0 saturated heterocycles. The van der Waals surface area contributed by atoms with Gasteiger partial charge in [-0.15, -0.1) is 11.3 Å². The predicted molar refractivity (Wildman–Crippen MR) is 127 cm³/mol. The lowest BCUT2D eigenvalue weighted by Crippen LogP contribution is -2.27. The van der Waals surface area contributed by atoms with Crippen LogP contribution in [0.5, 0.6) is 5.75 Å². The zero-order chi connectivity index (χ0) is 22.3. The molecule has 0 N–H and O–H groups in total. The number of methoxy groups -OCH3 is 1. The second-order valence-corrected chi connectivity index (χ2v) is 10.4. The Hall–Kier alpha value is -2.94. The van der Waals surface area contributed by atoms with E-state index in [1.807, 2.05) is 35.7 Å². The number of thiophene rings is 1. The molecule has 5 rings (SSSR count). The molecule has 0 radical (unpaired) electrons. The van der Waals surface area contributed by atoms with Gasteiger partial charge < -0.3 is 4.74 Å². The summed E-state index contributed by atoms with van der Waals surface area (Å²) in [6, 6.07) is 18.9. The fourth-order valence-corrected chi connectivity index (χ4v) is 6.17. The summed E-state index contributed by atoms with van der Waals surface area (Å²) in [5, 5.41) is 7.58. The highest BCUT2D eigenvalue weighted by Gasteiger charge is 2.39. The Morgan fingerprint density at radius 1 is 1.09 bits per heavy atom. The summed E-state index contributed by atoms with van der Waals surface area (Å²) in [6.45, 7) is 0. The fourth-order valence-electron chi connectivity index (χ4n) is 3.73. The maximum Gasteiger partial charge on any atom is 0.279 e. The molecule has 2 aromatic heterocycles. The van der Waals surface area contributed by atoms with E-state index in [2.05, 4.69) is 10.1 Å². The number of sulfonamides is 1. The molecule has 0 amide bonds. The Balaban J connectivity index is 1.64. The van der Waals surface area contributed by atoms with Crippen LogP contribution >= 0.6 is 22.9 Å². The molecule has 162 valence electrons. The van der Waals surface area contributed by atoms with Crippen molar-refractivity contribution in [2.24, 2.45) is 5.10 Å². The summed E-state index contributed by atoms with van der Waals surface area (Å²) in [5.41, 5.74) is 1.99. The molecule has 6 nitrogen and oxygen atoms in total. The molecule has 1 aliphatic heterocycles. The third-order valence-corrected chi connectivity index (χ3v) is 8.25. The van der Waals surface area contributed by atoms with E-state index in [-0.39, 0.29) is 10.0 Å². The van der Waals surface area contributed by atoms with E-state index in [1.54, 1.807) is 43.5 Å². The van der Waals surface area contributed by atoms with Crippen LogP contribution in [-0.4, -0.2) is 30.6 Å². The minimum absolute atomic E-state index is 0.177. The van der Waals surface area contributed by atoms with E-state index in [1.165, 1.54) is 15.8 Å². The van der Waals surface area contributed by atoms with Crippen LogP contribution in [0.25, 0.3) is 10.9 Å². The third-order valence-electron chi connectivity index (χ3n) is 5.33. The maximum absolute atomic E-state index is 13.5. The zero-order valence-corrected chi connectivity index (χ0v) is 19.4. The lowest BCUT2D eigenvalue weighted by atomic mass is 10.0. The normalized spacial score (nSPS) is 16.4. The number of halogens is 1. The molecular weight excluding hydrogens is 466 g/mol. The number of fused-ring (bicyclic) bond motifs is 1. The molecule has 0 fully saturated rings. The standard InChI is InChI=1S/C23H18ClN3O3S2/c1-30-16-10-9-15-12-18(23(24)25-19(15)13-16)21-14-20(22-8-5-11-31-22)26-27(21)32(28,29)17-6-3-2-4-7-17/h2-13,21H,14H2,1H3. The molecule has 1 atom stereocenters. The van der Waals surface area contributed by atoms with Crippen LogP contribution < -0.4 is 4.74 Å². The van der Waals surface area contributed by atoms with Crippen molar-refractivity contribution in [1.82, 2.24) is 9.40 Å². The van der Waals surface area contributed by atoms with Gasteiger partial charge in [0.15, 0.2) is 0 Å². The van der Waals surface area contributed by atoms with Gasteiger partial charge in [-0.2, -0.15) is 17.9 Å². The highest BCUT2D eigenvalue weighted by molar-refractivity contribution is 7.89. The van der Waals surface area contributed by atoms with Crippen LogP contribution in [0.3, 0.4) is 0 Å². The van der Waals surface area contributed by atoms with E-state index in [0.717, 1.165) is 10.3 Å². The van der Waals surface area contributed by atoms with Crippen molar-refractivity contribution in [2.45, 2.75) is 17.4 Å². The van der Waals surface area contributed by atoms with Crippen molar-refractivity contribution >= 4 is 49.6 Å². The molecular formula is C23H18ClN3O3S2. The van der Waals surface area contributed by atoms with E-state index < -0.39 is 16.1 Å². The molecule has 0 bridgehead atoms. The first-order valence-corrected chi connectivity index (χ1v) is 12.5. The smallest absolute Gasteiger partial charge is 0.279 e.